The molecule has 0 aliphatic heterocycles. The number of aromatic nitrogens is 3. The van der Waals surface area contributed by atoms with Crippen LogP contribution in [0, 0.1) is 11.8 Å². The predicted molar refractivity (Wildman–Crippen MR) is 80.0 cm³/mol. The molecule has 3 atom stereocenters. The number of hydrogen-bond donors (Lipinski definition) is 0. The van der Waals surface area contributed by atoms with Crippen molar-refractivity contribution in [3.8, 4) is 0 Å². The Morgan fingerprint density at radius 2 is 1.84 bits per heavy atom. The van der Waals surface area contributed by atoms with E-state index < -0.39 is 0 Å². The van der Waals surface area contributed by atoms with E-state index >= 15 is 0 Å². The molecule has 3 rings (SSSR count). The third-order valence-corrected chi connectivity index (χ3v) is 5.31. The summed E-state index contributed by atoms with van der Waals surface area (Å²) in [6, 6.07) is 0. The Kier molecular flexibility index (Phi) is 3.26. The Balaban J connectivity index is 1.84. The van der Waals surface area contributed by atoms with Crippen LogP contribution in [0.5, 0.6) is 0 Å². The molecule has 19 heavy (non-hydrogen) atoms. The van der Waals surface area contributed by atoms with Crippen LogP contribution in [0.25, 0.3) is 0 Å². The quantitative estimate of drug-likeness (QED) is 0.776. The zero-order chi connectivity index (χ0) is 13.6. The molecule has 0 spiro atoms. The third kappa shape index (κ3) is 2.15. The Bertz CT molecular complexity index is 469. The van der Waals surface area contributed by atoms with Crippen LogP contribution in [-0.2, 0) is 18.3 Å². The minimum Gasteiger partial charge on any atom is -0.252 e. The summed E-state index contributed by atoms with van der Waals surface area (Å²) < 4.78 is 2.15. The lowest BCUT2D eigenvalue weighted by Gasteiger charge is -2.25. The van der Waals surface area contributed by atoms with Gasteiger partial charge in [-0.3, -0.25) is 4.68 Å². The van der Waals surface area contributed by atoms with Crippen LogP contribution in [-0.4, -0.2) is 29.6 Å². The summed E-state index contributed by atoms with van der Waals surface area (Å²) in [5.41, 5.74) is 2.59. The van der Waals surface area contributed by atoms with E-state index in [9.17, 15) is 0 Å². The molecule has 5 heteroatoms. The molecular formula is C14H23B2N3. The largest absolute Gasteiger partial charge is 0.252 e. The van der Waals surface area contributed by atoms with Gasteiger partial charge in [0, 0.05) is 5.44 Å². The molecule has 1 aromatic heterocycles. The summed E-state index contributed by atoms with van der Waals surface area (Å²) in [4.78, 5) is 0. The maximum atomic E-state index is 4.46. The molecule has 100 valence electrons. The standard InChI is InChI=1S/C14H23B2N3/c1-14(2,16-4)19-12-8-6-10-9(13(10)15-3)5-7-11(12)17-18-19/h9-10,13H,5-8H2,1-4H3/t9-,10+,13?/m1/s1. The van der Waals surface area contributed by atoms with Gasteiger partial charge in [0.2, 0.25) is 0 Å². The molecule has 0 saturated heterocycles. The smallest absolute Gasteiger partial charge is 0.143 e. The molecule has 1 saturated carbocycles. The van der Waals surface area contributed by atoms with Gasteiger partial charge in [0.05, 0.1) is 11.4 Å². The topological polar surface area (TPSA) is 30.7 Å². The van der Waals surface area contributed by atoms with E-state index in [2.05, 4.69) is 57.0 Å². The van der Waals surface area contributed by atoms with Crippen molar-refractivity contribution in [3.05, 3.63) is 11.4 Å². The van der Waals surface area contributed by atoms with Crippen molar-refractivity contribution in [2.75, 3.05) is 0 Å². The normalized spacial score (nSPS) is 29.8. The van der Waals surface area contributed by atoms with Crippen molar-refractivity contribution in [3.63, 3.8) is 0 Å². The van der Waals surface area contributed by atoms with Crippen LogP contribution in [0.4, 0.5) is 0 Å². The minimum absolute atomic E-state index is 0.0288. The molecule has 0 amide bonds. The van der Waals surface area contributed by atoms with Crippen LogP contribution in [0.2, 0.25) is 19.5 Å². The van der Waals surface area contributed by atoms with Crippen LogP contribution >= 0.6 is 0 Å². The zero-order valence-corrected chi connectivity index (χ0v) is 12.6. The number of rotatable bonds is 3. The molecule has 0 bridgehead atoms. The summed E-state index contributed by atoms with van der Waals surface area (Å²) in [6.07, 6.45) is 4.85. The van der Waals surface area contributed by atoms with Crippen molar-refractivity contribution in [2.45, 2.75) is 64.4 Å². The molecule has 1 aromatic rings. The monoisotopic (exact) mass is 255 g/mol. The second kappa shape index (κ2) is 4.68. The van der Waals surface area contributed by atoms with Crippen LogP contribution in [0.15, 0.2) is 0 Å². The van der Waals surface area contributed by atoms with Crippen molar-refractivity contribution in [1.82, 2.24) is 15.0 Å². The highest BCUT2D eigenvalue weighted by Crippen LogP contribution is 2.57. The summed E-state index contributed by atoms with van der Waals surface area (Å²) >= 11 is 0. The second-order valence-corrected chi connectivity index (χ2v) is 6.65. The molecular weight excluding hydrogens is 232 g/mol. The Morgan fingerprint density at radius 3 is 2.47 bits per heavy atom. The number of nitrogens with zero attached hydrogens (tertiary/aromatic N) is 3. The second-order valence-electron chi connectivity index (χ2n) is 6.65. The highest BCUT2D eigenvalue weighted by Gasteiger charge is 2.48. The van der Waals surface area contributed by atoms with E-state index in [1.807, 2.05) is 0 Å². The number of fused-ring (bicyclic) bond motifs is 2. The Hall–Kier alpha value is -0.730. The van der Waals surface area contributed by atoms with E-state index in [0.29, 0.717) is 0 Å². The maximum Gasteiger partial charge on any atom is 0.143 e. The van der Waals surface area contributed by atoms with Crippen LogP contribution in [0.1, 0.15) is 38.1 Å². The first-order valence-corrected chi connectivity index (χ1v) is 7.62. The van der Waals surface area contributed by atoms with Gasteiger partial charge in [-0.2, -0.15) is 0 Å². The van der Waals surface area contributed by atoms with E-state index in [4.69, 9.17) is 0 Å². The first kappa shape index (κ1) is 13.3. The highest BCUT2D eigenvalue weighted by molar-refractivity contribution is 6.37. The van der Waals surface area contributed by atoms with E-state index in [1.165, 1.54) is 24.2 Å². The molecule has 1 heterocycles. The molecule has 0 N–H and O–H groups in total. The minimum atomic E-state index is -0.0288. The van der Waals surface area contributed by atoms with Gasteiger partial charge in [-0.15, -0.1) is 5.10 Å². The molecule has 2 aliphatic rings. The summed E-state index contributed by atoms with van der Waals surface area (Å²) in [6.45, 7) is 8.75. The number of hydrogen-bond acceptors (Lipinski definition) is 2. The van der Waals surface area contributed by atoms with E-state index in [1.54, 1.807) is 0 Å². The van der Waals surface area contributed by atoms with Crippen molar-refractivity contribution >= 4 is 14.6 Å². The van der Waals surface area contributed by atoms with Crippen molar-refractivity contribution in [1.29, 1.82) is 0 Å². The lowest BCUT2D eigenvalue weighted by atomic mass is 9.62. The average molecular weight is 255 g/mol. The van der Waals surface area contributed by atoms with E-state index in [0.717, 1.165) is 30.5 Å². The lowest BCUT2D eigenvalue weighted by molar-refractivity contribution is 0.423. The van der Waals surface area contributed by atoms with Gasteiger partial charge in [-0.05, 0) is 51.4 Å². The number of aryl methyl sites for hydroxylation is 1. The summed E-state index contributed by atoms with van der Waals surface area (Å²) in [5.74, 6) is 2.72. The fourth-order valence-electron chi connectivity index (χ4n) is 3.75. The summed E-state index contributed by atoms with van der Waals surface area (Å²) in [7, 11) is 4.62. The maximum absolute atomic E-state index is 4.46. The van der Waals surface area contributed by atoms with Gasteiger partial charge in [-0.1, -0.05) is 24.7 Å². The van der Waals surface area contributed by atoms with Gasteiger partial charge >= 0.3 is 0 Å². The third-order valence-electron chi connectivity index (χ3n) is 5.31. The van der Waals surface area contributed by atoms with Gasteiger partial charge in [-0.25, -0.2) is 0 Å². The van der Waals surface area contributed by atoms with Crippen molar-refractivity contribution in [2.24, 2.45) is 11.8 Å². The van der Waals surface area contributed by atoms with Gasteiger partial charge in [0.25, 0.3) is 0 Å². The van der Waals surface area contributed by atoms with Crippen LogP contribution < -0.4 is 0 Å². The van der Waals surface area contributed by atoms with Crippen molar-refractivity contribution < 1.29 is 0 Å². The SMILES string of the molecule is C[B]C1[C@H]2CCc3c(nnn3C(C)(C)[B]C)CC[C@@H]12. The molecule has 1 fully saturated rings. The zero-order valence-electron chi connectivity index (χ0n) is 12.6. The predicted octanol–water partition coefficient (Wildman–Crippen LogP) is 2.39. The molecule has 0 aromatic carbocycles. The fraction of sp³-hybridized carbons (Fsp3) is 0.857. The van der Waals surface area contributed by atoms with E-state index in [-0.39, 0.29) is 5.44 Å². The Morgan fingerprint density at radius 1 is 1.16 bits per heavy atom. The average Bonchev–Trinajstić information content (AvgIpc) is 2.88. The van der Waals surface area contributed by atoms with Gasteiger partial charge in [0.15, 0.2) is 0 Å². The molecule has 3 nitrogen and oxygen atoms in total. The van der Waals surface area contributed by atoms with Gasteiger partial charge < -0.3 is 0 Å². The summed E-state index contributed by atoms with van der Waals surface area (Å²) in [5, 5.41) is 8.89. The molecule has 2 aliphatic carbocycles. The lowest BCUT2D eigenvalue weighted by Crippen LogP contribution is -2.34. The first-order valence-electron chi connectivity index (χ1n) is 7.62. The first-order chi connectivity index (χ1) is 9.08. The fourth-order valence-corrected chi connectivity index (χ4v) is 3.75. The molecule has 2 radical (unpaired) electrons. The van der Waals surface area contributed by atoms with Crippen LogP contribution in [0.3, 0.4) is 0 Å². The molecule has 1 unspecified atom stereocenters. The Labute approximate surface area is 118 Å². The van der Waals surface area contributed by atoms with Gasteiger partial charge in [0.1, 0.15) is 14.6 Å². The highest BCUT2D eigenvalue weighted by atomic mass is 15.5.